The van der Waals surface area contributed by atoms with Gasteiger partial charge in [-0.15, -0.1) is 11.8 Å². The van der Waals surface area contributed by atoms with Gasteiger partial charge in [0, 0.05) is 32.9 Å². The molecule has 0 aromatic rings. The third-order valence-electron chi connectivity index (χ3n) is 5.88. The van der Waals surface area contributed by atoms with Crippen molar-refractivity contribution in [3.63, 3.8) is 0 Å². The zero-order chi connectivity index (χ0) is 19.8. The Morgan fingerprint density at radius 2 is 2.19 bits per heavy atom. The van der Waals surface area contributed by atoms with Crippen molar-refractivity contribution in [3.8, 4) is 11.8 Å². The van der Waals surface area contributed by atoms with Crippen LogP contribution >= 0.6 is 0 Å². The summed E-state index contributed by atoms with van der Waals surface area (Å²) in [6, 6.07) is 0. The van der Waals surface area contributed by atoms with Gasteiger partial charge in [-0.1, -0.05) is 23.8 Å². The van der Waals surface area contributed by atoms with E-state index in [-0.39, 0.29) is 17.9 Å². The number of aliphatic hydroxyl groups is 2. The molecule has 1 fully saturated rings. The first-order chi connectivity index (χ1) is 12.9. The summed E-state index contributed by atoms with van der Waals surface area (Å²) in [6.45, 7) is 1.81. The highest BCUT2D eigenvalue weighted by Gasteiger charge is 2.43. The van der Waals surface area contributed by atoms with Gasteiger partial charge in [-0.05, 0) is 57.3 Å². The zero-order valence-electron chi connectivity index (χ0n) is 17.0. The minimum atomic E-state index is -0.486. The lowest BCUT2D eigenvalue weighted by Crippen LogP contribution is -2.21. The average Bonchev–Trinajstić information content (AvgIpc) is 3.13. The van der Waals surface area contributed by atoms with Gasteiger partial charge in [-0.2, -0.15) is 0 Å². The summed E-state index contributed by atoms with van der Waals surface area (Å²) in [6.07, 6.45) is 12.3. The minimum absolute atomic E-state index is 0.131. The van der Waals surface area contributed by atoms with Gasteiger partial charge in [0.05, 0.1) is 12.2 Å². The van der Waals surface area contributed by atoms with Gasteiger partial charge in [0.25, 0.3) is 0 Å². The van der Waals surface area contributed by atoms with E-state index in [2.05, 4.69) is 17.9 Å². The first kappa shape index (κ1) is 21.7. The first-order valence-corrected chi connectivity index (χ1v) is 10.3. The summed E-state index contributed by atoms with van der Waals surface area (Å²) < 4.78 is 0. The summed E-state index contributed by atoms with van der Waals surface area (Å²) >= 11 is 0. The van der Waals surface area contributed by atoms with Gasteiger partial charge >= 0.3 is 0 Å². The topological polar surface area (TPSA) is 60.8 Å². The smallest absolute Gasteiger partial charge is 0.222 e. The van der Waals surface area contributed by atoms with Gasteiger partial charge in [0.15, 0.2) is 0 Å². The number of aliphatic hydroxyl groups excluding tert-OH is 2. The van der Waals surface area contributed by atoms with E-state index in [1.54, 1.807) is 19.0 Å². The van der Waals surface area contributed by atoms with Crippen LogP contribution in [0.15, 0.2) is 23.8 Å². The molecule has 2 rings (SSSR count). The molecule has 0 radical (unpaired) electrons. The Morgan fingerprint density at radius 3 is 2.89 bits per heavy atom. The number of carbonyl (C=O) groups is 1. The maximum absolute atomic E-state index is 11.6. The third-order valence-corrected chi connectivity index (χ3v) is 5.88. The summed E-state index contributed by atoms with van der Waals surface area (Å²) in [5.41, 5.74) is 1.48. The molecule has 2 aliphatic rings. The number of hydrogen-bond donors (Lipinski definition) is 2. The van der Waals surface area contributed by atoms with Crippen molar-refractivity contribution in [2.75, 3.05) is 14.1 Å². The van der Waals surface area contributed by atoms with Gasteiger partial charge in [-0.25, -0.2) is 0 Å². The fourth-order valence-corrected chi connectivity index (χ4v) is 4.34. The van der Waals surface area contributed by atoms with E-state index in [1.165, 1.54) is 5.57 Å². The van der Waals surface area contributed by atoms with Crippen LogP contribution in [0, 0.1) is 29.6 Å². The number of amides is 1. The molecule has 4 heteroatoms. The number of hydrogen-bond acceptors (Lipinski definition) is 3. The average molecular weight is 374 g/mol. The number of allylic oxidation sites excluding steroid dienone is 2. The molecule has 0 heterocycles. The molecule has 150 valence electrons. The highest BCUT2D eigenvalue weighted by molar-refractivity contribution is 5.75. The predicted molar refractivity (Wildman–Crippen MR) is 109 cm³/mol. The van der Waals surface area contributed by atoms with Crippen molar-refractivity contribution in [3.05, 3.63) is 23.8 Å². The van der Waals surface area contributed by atoms with Gasteiger partial charge < -0.3 is 15.1 Å². The normalized spacial score (nSPS) is 27.8. The second kappa shape index (κ2) is 10.7. The van der Waals surface area contributed by atoms with Crippen LogP contribution in [0.25, 0.3) is 0 Å². The van der Waals surface area contributed by atoms with E-state index < -0.39 is 6.10 Å². The van der Waals surface area contributed by atoms with Crippen LogP contribution in [0.1, 0.15) is 58.3 Å². The minimum Gasteiger partial charge on any atom is -0.392 e. The maximum Gasteiger partial charge on any atom is 0.222 e. The number of carbonyl (C=O) groups excluding carboxylic acids is 1. The van der Waals surface area contributed by atoms with Gasteiger partial charge in [0.2, 0.25) is 5.91 Å². The van der Waals surface area contributed by atoms with Crippen LogP contribution in [-0.4, -0.2) is 47.3 Å². The molecular weight excluding hydrogens is 338 g/mol. The van der Waals surface area contributed by atoms with E-state index in [1.807, 2.05) is 19.1 Å². The number of rotatable bonds is 9. The third kappa shape index (κ3) is 6.52. The Hall–Kier alpha value is -1.57. The van der Waals surface area contributed by atoms with E-state index >= 15 is 0 Å². The van der Waals surface area contributed by atoms with E-state index in [0.717, 1.165) is 32.1 Å². The molecule has 4 nitrogen and oxygen atoms in total. The highest BCUT2D eigenvalue weighted by atomic mass is 16.3. The number of nitrogens with zero attached hydrogens (tertiary/aromatic N) is 1. The van der Waals surface area contributed by atoms with Crippen molar-refractivity contribution in [1.82, 2.24) is 4.90 Å². The van der Waals surface area contributed by atoms with Crippen molar-refractivity contribution >= 4 is 5.91 Å². The van der Waals surface area contributed by atoms with Crippen LogP contribution in [-0.2, 0) is 4.79 Å². The monoisotopic (exact) mass is 373 g/mol. The lowest BCUT2D eigenvalue weighted by molar-refractivity contribution is -0.128. The zero-order valence-corrected chi connectivity index (χ0v) is 17.0. The number of fused-ring (bicyclic) bond motifs is 1. The molecule has 0 bridgehead atoms. The van der Waals surface area contributed by atoms with Crippen molar-refractivity contribution in [1.29, 1.82) is 0 Å². The molecule has 0 saturated heterocycles. The summed E-state index contributed by atoms with van der Waals surface area (Å²) in [5, 5.41) is 20.5. The van der Waals surface area contributed by atoms with Crippen molar-refractivity contribution < 1.29 is 15.0 Å². The molecule has 2 N–H and O–H groups in total. The predicted octanol–water partition coefficient (Wildman–Crippen LogP) is 3.30. The Balaban J connectivity index is 1.78. The second-order valence-electron chi connectivity index (χ2n) is 8.15. The molecule has 1 saturated carbocycles. The van der Waals surface area contributed by atoms with Crippen LogP contribution in [0.2, 0.25) is 0 Å². The molecule has 27 heavy (non-hydrogen) atoms. The Bertz CT molecular complexity index is 611. The Kier molecular flexibility index (Phi) is 8.60. The van der Waals surface area contributed by atoms with Gasteiger partial charge in [-0.3, -0.25) is 4.79 Å². The molecule has 0 aliphatic heterocycles. The Labute approximate surface area is 164 Å². The molecule has 0 aromatic carbocycles. The van der Waals surface area contributed by atoms with E-state index in [9.17, 15) is 15.0 Å². The van der Waals surface area contributed by atoms with Crippen LogP contribution in [0.5, 0.6) is 0 Å². The molecule has 2 aliphatic carbocycles. The summed E-state index contributed by atoms with van der Waals surface area (Å²) in [4.78, 5) is 13.3. The van der Waals surface area contributed by atoms with Crippen molar-refractivity contribution in [2.24, 2.45) is 17.8 Å². The second-order valence-corrected chi connectivity index (χ2v) is 8.15. The highest BCUT2D eigenvalue weighted by Crippen LogP contribution is 2.48. The van der Waals surface area contributed by atoms with Gasteiger partial charge in [0.1, 0.15) is 0 Å². The number of unbranched alkanes of at least 4 members (excludes halogenated alkanes) is 1. The fourth-order valence-electron chi connectivity index (χ4n) is 4.34. The SMILES string of the molecule is CC#CCC[C@@H](O)/C=C/[C@@H]1[C@H]2CC(CCCCC(=O)N(C)C)=C[C@H]2C[C@H]1O. The van der Waals surface area contributed by atoms with E-state index in [4.69, 9.17) is 0 Å². The summed E-state index contributed by atoms with van der Waals surface area (Å²) in [5.74, 6) is 7.05. The maximum atomic E-state index is 11.6. The molecule has 0 aromatic heterocycles. The van der Waals surface area contributed by atoms with Crippen LogP contribution < -0.4 is 0 Å². The lowest BCUT2D eigenvalue weighted by atomic mass is 9.88. The Morgan fingerprint density at radius 1 is 1.41 bits per heavy atom. The molecular formula is C23H35NO3. The molecule has 0 spiro atoms. The van der Waals surface area contributed by atoms with Crippen LogP contribution in [0.3, 0.4) is 0 Å². The molecule has 0 unspecified atom stereocenters. The first-order valence-electron chi connectivity index (χ1n) is 10.3. The molecule has 5 atom stereocenters. The standard InChI is InChI=1S/C23H35NO3/c1-4-5-6-10-19(25)12-13-20-21-15-17(14-18(21)16-22(20)26)9-7-8-11-23(27)24(2)3/h12-14,18-22,25-26H,6-11,15-16H2,1-3H3/b13-12+/t18-,19+,20+,21-,22+/m0/s1. The largest absolute Gasteiger partial charge is 0.392 e. The van der Waals surface area contributed by atoms with Crippen molar-refractivity contribution in [2.45, 2.75) is 70.5 Å². The quantitative estimate of drug-likeness (QED) is 0.370. The fraction of sp³-hybridized carbons (Fsp3) is 0.696. The van der Waals surface area contributed by atoms with Crippen LogP contribution in [0.4, 0.5) is 0 Å². The molecule has 1 amide bonds. The summed E-state index contributed by atoms with van der Waals surface area (Å²) in [7, 11) is 3.60. The lowest BCUT2D eigenvalue weighted by Gasteiger charge is -2.19. The van der Waals surface area contributed by atoms with E-state index in [0.29, 0.717) is 31.1 Å².